The normalized spacial score (nSPS) is 28.9. The second-order valence-corrected chi connectivity index (χ2v) is 9.95. The van der Waals surface area contributed by atoms with Crippen LogP contribution in [0.2, 0.25) is 0 Å². The third-order valence-corrected chi connectivity index (χ3v) is 7.42. The lowest BCUT2D eigenvalue weighted by molar-refractivity contribution is -0.386. The van der Waals surface area contributed by atoms with Crippen LogP contribution >= 0.6 is 22.6 Å². The van der Waals surface area contributed by atoms with Crippen LogP contribution < -0.4 is 0 Å². The Kier molecular flexibility index (Phi) is 5.01. The summed E-state index contributed by atoms with van der Waals surface area (Å²) in [6.45, 7) is 9.19. The first-order chi connectivity index (χ1) is 12.9. The van der Waals surface area contributed by atoms with Crippen molar-refractivity contribution >= 4 is 40.2 Å². The predicted octanol–water partition coefficient (Wildman–Crippen LogP) is 4.56. The van der Waals surface area contributed by atoms with Gasteiger partial charge in [0.15, 0.2) is 0 Å². The molecule has 0 unspecified atom stereocenters. The van der Waals surface area contributed by atoms with E-state index >= 15 is 0 Å². The summed E-state index contributed by atoms with van der Waals surface area (Å²) in [4.78, 5) is 36.8. The number of carbonyl (C=O) groups excluding carboxylic acids is 2. The maximum absolute atomic E-state index is 13.3. The molecule has 0 spiro atoms. The first kappa shape index (κ1) is 21.0. The van der Waals surface area contributed by atoms with Crippen molar-refractivity contribution in [1.82, 2.24) is 0 Å². The average molecular weight is 501 g/mol. The van der Waals surface area contributed by atoms with E-state index in [1.165, 1.54) is 6.07 Å². The monoisotopic (exact) mass is 501 g/mol. The van der Waals surface area contributed by atoms with E-state index in [0.29, 0.717) is 18.4 Å². The number of rotatable bonds is 5. The Balaban J connectivity index is 1.99. The van der Waals surface area contributed by atoms with Gasteiger partial charge in [0.2, 0.25) is 5.60 Å². The van der Waals surface area contributed by atoms with Crippen molar-refractivity contribution in [2.75, 3.05) is 0 Å². The molecule has 8 heteroatoms. The molecule has 0 amide bonds. The van der Waals surface area contributed by atoms with E-state index in [1.807, 2.05) is 57.2 Å². The zero-order valence-electron chi connectivity index (χ0n) is 16.6. The molecule has 1 aromatic rings. The number of nitrogens with zero attached hydrogens (tertiary/aromatic N) is 1. The van der Waals surface area contributed by atoms with Gasteiger partial charge >= 0.3 is 11.9 Å². The third-order valence-electron chi connectivity index (χ3n) is 6.75. The van der Waals surface area contributed by atoms with Gasteiger partial charge in [0.25, 0.3) is 5.69 Å². The number of carbonyl (C=O) groups is 2. The molecule has 0 aromatic heterocycles. The lowest BCUT2D eigenvalue weighted by Crippen LogP contribution is -2.49. The van der Waals surface area contributed by atoms with Crippen LogP contribution in [0, 0.1) is 30.4 Å². The smallest absolute Gasteiger partial charge is 0.351 e. The molecule has 2 bridgehead atoms. The fourth-order valence-electron chi connectivity index (χ4n) is 4.39. The summed E-state index contributed by atoms with van der Waals surface area (Å²) < 4.78 is 12.2. The quantitative estimate of drug-likeness (QED) is 0.254. The molecule has 152 valence electrons. The highest BCUT2D eigenvalue weighted by molar-refractivity contribution is 14.1. The van der Waals surface area contributed by atoms with Crippen LogP contribution in [0.5, 0.6) is 0 Å². The van der Waals surface area contributed by atoms with Gasteiger partial charge < -0.3 is 9.47 Å². The number of esters is 2. The highest BCUT2D eigenvalue weighted by atomic mass is 127. The molecule has 1 heterocycles. The second kappa shape index (κ2) is 6.67. The van der Waals surface area contributed by atoms with Crippen LogP contribution in [0.15, 0.2) is 18.2 Å². The van der Waals surface area contributed by atoms with Crippen molar-refractivity contribution in [2.24, 2.45) is 16.7 Å². The summed E-state index contributed by atoms with van der Waals surface area (Å²) in [7, 11) is 0. The molecule has 1 saturated carbocycles. The van der Waals surface area contributed by atoms with Gasteiger partial charge in [-0.1, -0.05) is 27.7 Å². The maximum Gasteiger partial charge on any atom is 0.351 e. The Labute approximate surface area is 177 Å². The fraction of sp³-hybridized carbons (Fsp3) is 0.600. The van der Waals surface area contributed by atoms with Gasteiger partial charge in [0, 0.05) is 15.1 Å². The molecule has 1 aromatic carbocycles. The Hall–Kier alpha value is -1.71. The van der Waals surface area contributed by atoms with E-state index in [9.17, 15) is 19.7 Å². The lowest BCUT2D eigenvalue weighted by atomic mass is 9.66. The average Bonchev–Trinajstić information content (AvgIpc) is 2.89. The Bertz CT molecular complexity index is 866. The third kappa shape index (κ3) is 2.74. The van der Waals surface area contributed by atoms with Crippen molar-refractivity contribution in [1.29, 1.82) is 0 Å². The van der Waals surface area contributed by atoms with Crippen LogP contribution in [0.4, 0.5) is 5.69 Å². The first-order valence-electron chi connectivity index (χ1n) is 9.26. The summed E-state index contributed by atoms with van der Waals surface area (Å²) in [5, 5.41) is 11.5. The van der Waals surface area contributed by atoms with Gasteiger partial charge in [-0.05, 0) is 60.4 Å². The highest BCUT2D eigenvalue weighted by Gasteiger charge is 2.76. The van der Waals surface area contributed by atoms with Crippen molar-refractivity contribution in [2.45, 2.75) is 59.2 Å². The van der Waals surface area contributed by atoms with Gasteiger partial charge in [0.1, 0.15) is 6.10 Å². The summed E-state index contributed by atoms with van der Waals surface area (Å²) >= 11 is 2.00. The van der Waals surface area contributed by atoms with Crippen molar-refractivity contribution in [3.8, 4) is 0 Å². The number of ether oxygens (including phenoxy) is 2. The van der Waals surface area contributed by atoms with E-state index in [0.717, 1.165) is 3.57 Å². The summed E-state index contributed by atoms with van der Waals surface area (Å²) in [5.74, 6) is -1.22. The maximum atomic E-state index is 13.3. The van der Waals surface area contributed by atoms with Gasteiger partial charge in [-0.2, -0.15) is 0 Å². The number of hydrogen-bond donors (Lipinski definition) is 0. The van der Waals surface area contributed by atoms with E-state index < -0.39 is 33.4 Å². The minimum atomic E-state index is -1.36. The van der Waals surface area contributed by atoms with Crippen LogP contribution in [0.3, 0.4) is 0 Å². The molecule has 0 N–H and O–H groups in total. The number of halogens is 1. The minimum Gasteiger partial charge on any atom is -0.454 e. The van der Waals surface area contributed by atoms with Crippen LogP contribution in [-0.2, 0) is 19.1 Å². The Morgan fingerprint density at radius 3 is 2.39 bits per heavy atom. The molecular formula is C20H24INO6. The molecule has 1 aliphatic carbocycles. The second-order valence-electron chi connectivity index (χ2n) is 8.70. The topological polar surface area (TPSA) is 95.7 Å². The molecule has 1 aliphatic heterocycles. The molecule has 1 saturated heterocycles. The van der Waals surface area contributed by atoms with Crippen molar-refractivity contribution in [3.05, 3.63) is 37.4 Å². The van der Waals surface area contributed by atoms with E-state index in [-0.39, 0.29) is 17.6 Å². The van der Waals surface area contributed by atoms with Gasteiger partial charge in [-0.15, -0.1) is 0 Å². The molecule has 2 aliphatic rings. The summed E-state index contributed by atoms with van der Waals surface area (Å²) in [6.07, 6.45) is 0.117. The van der Waals surface area contributed by atoms with Crippen LogP contribution in [-0.4, -0.2) is 22.5 Å². The Morgan fingerprint density at radius 2 is 1.93 bits per heavy atom. The number of nitro benzene ring substituents is 1. The molecule has 28 heavy (non-hydrogen) atoms. The molecule has 0 radical (unpaired) electrons. The highest BCUT2D eigenvalue weighted by Crippen LogP contribution is 2.66. The van der Waals surface area contributed by atoms with E-state index in [2.05, 4.69) is 0 Å². The summed E-state index contributed by atoms with van der Waals surface area (Å²) in [6, 6.07) is 4.83. The van der Waals surface area contributed by atoms with Gasteiger partial charge in [0.05, 0.1) is 15.9 Å². The molecule has 3 atom stereocenters. The zero-order chi connectivity index (χ0) is 21.1. The van der Waals surface area contributed by atoms with E-state index in [1.54, 1.807) is 12.1 Å². The summed E-state index contributed by atoms with van der Waals surface area (Å²) in [5.41, 5.74) is -2.57. The minimum absolute atomic E-state index is 0.0881. The number of hydrogen-bond acceptors (Lipinski definition) is 6. The lowest BCUT2D eigenvalue weighted by Gasteiger charge is -2.36. The van der Waals surface area contributed by atoms with E-state index in [4.69, 9.17) is 9.47 Å². The molecular weight excluding hydrogens is 477 g/mol. The predicted molar refractivity (Wildman–Crippen MR) is 109 cm³/mol. The SMILES string of the molecule is CC(C)[C@@H](OC(=O)[C@@]12CC[C@@](C)(C(=O)O1)C2(C)C)c1ccc(I)cc1[N+](=O)[O-]. The molecule has 2 fully saturated rings. The van der Waals surface area contributed by atoms with Crippen LogP contribution in [0.1, 0.15) is 59.1 Å². The standard InChI is InChI=1S/C20H24INO6/c1-11(2)15(13-7-6-12(21)10-14(13)22(25)26)27-17(24)20-9-8-19(5,16(23)28-20)18(20,3)4/h6-7,10-11,15H,8-9H2,1-5H3/t15-,19+,20-/m1/s1. The first-order valence-corrected chi connectivity index (χ1v) is 10.3. The van der Waals surface area contributed by atoms with Crippen LogP contribution in [0.25, 0.3) is 0 Å². The van der Waals surface area contributed by atoms with Crippen molar-refractivity contribution in [3.63, 3.8) is 0 Å². The number of nitro groups is 1. The molecule has 7 nitrogen and oxygen atoms in total. The van der Waals surface area contributed by atoms with Gasteiger partial charge in [-0.25, -0.2) is 4.79 Å². The molecule has 3 rings (SSSR count). The largest absolute Gasteiger partial charge is 0.454 e. The fourth-order valence-corrected chi connectivity index (χ4v) is 4.86. The number of fused-ring (bicyclic) bond motifs is 2. The Morgan fingerprint density at radius 1 is 1.29 bits per heavy atom. The zero-order valence-corrected chi connectivity index (χ0v) is 18.7. The van der Waals surface area contributed by atoms with Gasteiger partial charge in [-0.3, -0.25) is 14.9 Å². The number of benzene rings is 1. The van der Waals surface area contributed by atoms with Crippen molar-refractivity contribution < 1.29 is 24.0 Å².